The molecule has 1 aliphatic rings. The Labute approximate surface area is 188 Å². The monoisotopic (exact) mass is 456 g/mol. The van der Waals surface area contributed by atoms with Crippen LogP contribution >= 0.6 is 0 Å². The highest BCUT2D eigenvalue weighted by molar-refractivity contribution is 5.98. The Morgan fingerprint density at radius 2 is 1.79 bits per heavy atom. The normalized spacial score (nSPS) is 15.3. The first-order valence-electron chi connectivity index (χ1n) is 10.5. The molecule has 2 N–H and O–H groups in total. The molecular weight excluding hydrogens is 434 g/mol. The molecule has 0 bridgehead atoms. The van der Waals surface area contributed by atoms with E-state index in [0.717, 1.165) is 12.1 Å². The summed E-state index contributed by atoms with van der Waals surface area (Å²) >= 11 is 0. The van der Waals surface area contributed by atoms with Crippen LogP contribution in [0.1, 0.15) is 30.3 Å². The lowest BCUT2D eigenvalue weighted by molar-refractivity contribution is -0.134. The SMILES string of the molecule is C[C@H](NC(=O)c1nc2ccccc2nc1O)C(=O)N1CCC(Oc2ccc(F)cc2F)CC1. The summed E-state index contributed by atoms with van der Waals surface area (Å²) in [6.07, 6.45) is 0.601. The van der Waals surface area contributed by atoms with Gasteiger partial charge in [-0.25, -0.2) is 18.7 Å². The molecule has 2 amide bonds. The van der Waals surface area contributed by atoms with E-state index in [2.05, 4.69) is 15.3 Å². The number of rotatable bonds is 5. The predicted octanol–water partition coefficient (Wildman–Crippen LogP) is 2.80. The van der Waals surface area contributed by atoms with Gasteiger partial charge in [0.05, 0.1) is 11.0 Å². The molecule has 1 saturated heterocycles. The van der Waals surface area contributed by atoms with Crippen LogP contribution in [0.2, 0.25) is 0 Å². The second-order valence-corrected chi connectivity index (χ2v) is 7.80. The van der Waals surface area contributed by atoms with Gasteiger partial charge in [-0.1, -0.05) is 12.1 Å². The van der Waals surface area contributed by atoms with E-state index in [1.807, 2.05) is 0 Å². The lowest BCUT2D eigenvalue weighted by atomic mass is 10.1. The Balaban J connectivity index is 1.33. The summed E-state index contributed by atoms with van der Waals surface area (Å²) < 4.78 is 32.4. The van der Waals surface area contributed by atoms with E-state index in [4.69, 9.17) is 4.74 Å². The molecule has 2 heterocycles. The standard InChI is InChI=1S/C23H22F2N4O4/c1-13(26-21(30)20-22(31)28-18-5-3-2-4-17(18)27-20)23(32)29-10-8-15(9-11-29)33-19-7-6-14(24)12-16(19)25/h2-7,12-13,15H,8-11H2,1H3,(H,26,30)(H,28,31)/t13-/m0/s1. The Hall–Kier alpha value is -3.82. The highest BCUT2D eigenvalue weighted by atomic mass is 19.1. The van der Waals surface area contributed by atoms with Gasteiger partial charge in [0.15, 0.2) is 17.3 Å². The summed E-state index contributed by atoms with van der Waals surface area (Å²) in [7, 11) is 0. The van der Waals surface area contributed by atoms with E-state index in [9.17, 15) is 23.5 Å². The number of para-hydroxylation sites is 2. The van der Waals surface area contributed by atoms with E-state index >= 15 is 0 Å². The Bertz CT molecular complexity index is 1200. The Kier molecular flexibility index (Phi) is 6.34. The number of likely N-dealkylation sites (tertiary alicyclic amines) is 1. The predicted molar refractivity (Wildman–Crippen MR) is 115 cm³/mol. The van der Waals surface area contributed by atoms with Gasteiger partial charge in [0.1, 0.15) is 18.0 Å². The molecule has 0 spiro atoms. The maximum absolute atomic E-state index is 13.8. The van der Waals surface area contributed by atoms with Crippen molar-refractivity contribution in [1.29, 1.82) is 0 Å². The summed E-state index contributed by atoms with van der Waals surface area (Å²) in [5, 5.41) is 12.6. The molecule has 0 aliphatic carbocycles. The molecule has 3 aromatic rings. The zero-order valence-corrected chi connectivity index (χ0v) is 17.8. The molecule has 0 radical (unpaired) electrons. The minimum atomic E-state index is -0.864. The van der Waals surface area contributed by atoms with Crippen LogP contribution in [-0.2, 0) is 4.79 Å². The summed E-state index contributed by atoms with van der Waals surface area (Å²) in [4.78, 5) is 35.1. The smallest absolute Gasteiger partial charge is 0.276 e. The fraction of sp³-hybridized carbons (Fsp3) is 0.304. The molecular formula is C23H22F2N4O4. The first kappa shape index (κ1) is 22.4. The van der Waals surface area contributed by atoms with Crippen molar-refractivity contribution in [3.63, 3.8) is 0 Å². The number of fused-ring (bicyclic) bond motifs is 1. The molecule has 1 aliphatic heterocycles. The Morgan fingerprint density at radius 3 is 2.45 bits per heavy atom. The van der Waals surface area contributed by atoms with Crippen molar-refractivity contribution < 1.29 is 28.2 Å². The third kappa shape index (κ3) is 5.00. The molecule has 0 unspecified atom stereocenters. The van der Waals surface area contributed by atoms with E-state index in [0.29, 0.717) is 37.0 Å². The van der Waals surface area contributed by atoms with Crippen LogP contribution in [0.4, 0.5) is 8.78 Å². The van der Waals surface area contributed by atoms with Crippen LogP contribution in [0.15, 0.2) is 42.5 Å². The topological polar surface area (TPSA) is 105 Å². The molecule has 1 fully saturated rings. The number of ether oxygens (including phenoxy) is 1. The first-order chi connectivity index (χ1) is 15.8. The highest BCUT2D eigenvalue weighted by Gasteiger charge is 2.29. The van der Waals surface area contributed by atoms with Gasteiger partial charge >= 0.3 is 0 Å². The molecule has 10 heteroatoms. The Morgan fingerprint density at radius 1 is 1.12 bits per heavy atom. The van der Waals surface area contributed by atoms with Crippen LogP contribution in [0, 0.1) is 11.6 Å². The van der Waals surface area contributed by atoms with Crippen LogP contribution in [0.3, 0.4) is 0 Å². The first-order valence-corrected chi connectivity index (χ1v) is 10.5. The molecule has 8 nitrogen and oxygen atoms in total. The number of carbonyl (C=O) groups is 2. The molecule has 4 rings (SSSR count). The number of nitrogens with zero attached hydrogens (tertiary/aromatic N) is 3. The van der Waals surface area contributed by atoms with Gasteiger partial charge in [0.2, 0.25) is 11.8 Å². The average Bonchev–Trinajstić information content (AvgIpc) is 2.80. The second-order valence-electron chi connectivity index (χ2n) is 7.80. The number of benzene rings is 2. The van der Waals surface area contributed by atoms with E-state index in [-0.39, 0.29) is 23.5 Å². The molecule has 0 saturated carbocycles. The lowest BCUT2D eigenvalue weighted by Gasteiger charge is -2.33. The number of hydrogen-bond donors (Lipinski definition) is 2. The van der Waals surface area contributed by atoms with Crippen molar-refractivity contribution in [1.82, 2.24) is 20.2 Å². The van der Waals surface area contributed by atoms with E-state index < -0.39 is 29.5 Å². The van der Waals surface area contributed by atoms with Gasteiger partial charge in [0.25, 0.3) is 5.91 Å². The minimum absolute atomic E-state index is 0.0295. The zero-order valence-electron chi connectivity index (χ0n) is 17.8. The summed E-state index contributed by atoms with van der Waals surface area (Å²) in [5.74, 6) is -3.02. The fourth-order valence-corrected chi connectivity index (χ4v) is 3.69. The van der Waals surface area contributed by atoms with Crippen LogP contribution in [0.25, 0.3) is 11.0 Å². The molecule has 2 aromatic carbocycles. The van der Waals surface area contributed by atoms with Gasteiger partial charge in [-0.15, -0.1) is 0 Å². The number of halogens is 2. The number of amides is 2. The minimum Gasteiger partial charge on any atom is -0.492 e. The lowest BCUT2D eigenvalue weighted by Crippen LogP contribution is -2.50. The average molecular weight is 456 g/mol. The quantitative estimate of drug-likeness (QED) is 0.612. The third-order valence-corrected chi connectivity index (χ3v) is 5.43. The van der Waals surface area contributed by atoms with E-state index in [1.54, 1.807) is 36.1 Å². The van der Waals surface area contributed by atoms with Crippen molar-refractivity contribution in [3.8, 4) is 11.6 Å². The summed E-state index contributed by atoms with van der Waals surface area (Å²) in [5.41, 5.74) is 0.627. The van der Waals surface area contributed by atoms with Crippen LogP contribution in [0.5, 0.6) is 11.6 Å². The van der Waals surface area contributed by atoms with Crippen molar-refractivity contribution in [3.05, 3.63) is 59.8 Å². The highest BCUT2D eigenvalue weighted by Crippen LogP contribution is 2.23. The van der Waals surface area contributed by atoms with Crippen molar-refractivity contribution >= 4 is 22.8 Å². The van der Waals surface area contributed by atoms with E-state index in [1.165, 1.54) is 6.07 Å². The molecule has 33 heavy (non-hydrogen) atoms. The third-order valence-electron chi connectivity index (χ3n) is 5.43. The van der Waals surface area contributed by atoms with Crippen molar-refractivity contribution in [2.24, 2.45) is 0 Å². The summed E-state index contributed by atoms with van der Waals surface area (Å²) in [6, 6.07) is 9.06. The fourth-order valence-electron chi connectivity index (χ4n) is 3.69. The largest absolute Gasteiger partial charge is 0.492 e. The zero-order chi connectivity index (χ0) is 23.5. The van der Waals surface area contributed by atoms with Gasteiger partial charge < -0.3 is 20.1 Å². The second kappa shape index (κ2) is 9.35. The van der Waals surface area contributed by atoms with Gasteiger partial charge in [-0.3, -0.25) is 9.59 Å². The van der Waals surface area contributed by atoms with Crippen LogP contribution in [-0.4, -0.2) is 57.0 Å². The maximum atomic E-state index is 13.8. The van der Waals surface area contributed by atoms with Crippen LogP contribution < -0.4 is 10.1 Å². The summed E-state index contributed by atoms with van der Waals surface area (Å²) in [6.45, 7) is 2.25. The van der Waals surface area contributed by atoms with Crippen molar-refractivity contribution in [2.75, 3.05) is 13.1 Å². The van der Waals surface area contributed by atoms with Gasteiger partial charge in [-0.2, -0.15) is 0 Å². The number of nitrogens with one attached hydrogen (secondary N) is 1. The maximum Gasteiger partial charge on any atom is 0.276 e. The number of aromatic hydroxyl groups is 1. The number of carbonyl (C=O) groups excluding carboxylic acids is 2. The molecule has 1 aromatic heterocycles. The number of aromatic nitrogens is 2. The molecule has 172 valence electrons. The van der Waals surface area contributed by atoms with Gasteiger partial charge in [0, 0.05) is 32.0 Å². The molecule has 1 atom stereocenters. The number of piperidine rings is 1. The number of hydrogen-bond acceptors (Lipinski definition) is 6. The van der Waals surface area contributed by atoms with Gasteiger partial charge in [-0.05, 0) is 31.2 Å². The van der Waals surface area contributed by atoms with Crippen molar-refractivity contribution in [2.45, 2.75) is 31.9 Å².